The highest BCUT2D eigenvalue weighted by Gasteiger charge is 2.33. The van der Waals surface area contributed by atoms with Crippen LogP contribution >= 0.6 is 0 Å². The Hall–Kier alpha value is -3.44. The Balaban J connectivity index is 1.48. The number of carbonyl (C=O) groups excluding carboxylic acids is 1. The Labute approximate surface area is 238 Å². The average molecular weight is 543 g/mol. The summed E-state index contributed by atoms with van der Waals surface area (Å²) in [5.74, 6) is 1.18. The van der Waals surface area contributed by atoms with Crippen LogP contribution < -0.4 is 9.64 Å². The lowest BCUT2D eigenvalue weighted by Gasteiger charge is -2.41. The number of fused-ring (bicyclic) bond motifs is 1. The third-order valence-electron chi connectivity index (χ3n) is 8.98. The van der Waals surface area contributed by atoms with Crippen LogP contribution in [0, 0.1) is 11.3 Å². The molecular weight excluding hydrogens is 500 g/mol. The number of piperazine rings is 1. The van der Waals surface area contributed by atoms with Crippen molar-refractivity contribution in [3.8, 4) is 12.1 Å². The van der Waals surface area contributed by atoms with Crippen molar-refractivity contribution in [2.75, 3.05) is 44.7 Å². The van der Waals surface area contributed by atoms with Crippen molar-refractivity contribution < 1.29 is 9.53 Å². The molecule has 0 radical (unpaired) electrons. The Morgan fingerprint density at radius 1 is 1.18 bits per heavy atom. The molecule has 3 aliphatic rings. The molecule has 2 aliphatic heterocycles. The van der Waals surface area contributed by atoms with Crippen LogP contribution in [0.15, 0.2) is 36.9 Å². The molecule has 2 fully saturated rings. The van der Waals surface area contributed by atoms with E-state index in [2.05, 4.69) is 60.7 Å². The van der Waals surface area contributed by atoms with Gasteiger partial charge >= 0.3 is 6.01 Å². The van der Waals surface area contributed by atoms with Crippen LogP contribution in [0.2, 0.25) is 0 Å². The topological polar surface area (TPSA) is 85.6 Å². The maximum atomic E-state index is 12.5. The monoisotopic (exact) mass is 542 g/mol. The Morgan fingerprint density at radius 3 is 2.77 bits per heavy atom. The van der Waals surface area contributed by atoms with Gasteiger partial charge < -0.3 is 19.4 Å². The lowest BCUT2D eigenvalue weighted by molar-refractivity contribution is -0.128. The molecule has 40 heavy (non-hydrogen) atoms. The zero-order valence-electron chi connectivity index (χ0n) is 24.0. The highest BCUT2D eigenvalue weighted by Crippen LogP contribution is 2.36. The summed E-state index contributed by atoms with van der Waals surface area (Å²) in [4.78, 5) is 28.9. The van der Waals surface area contributed by atoms with Crippen LogP contribution in [-0.2, 0) is 24.1 Å². The number of amides is 1. The maximum Gasteiger partial charge on any atom is 0.318 e. The molecule has 5 rings (SSSR count). The number of aryl methyl sites for hydroxylation is 1. The van der Waals surface area contributed by atoms with E-state index in [1.54, 1.807) is 4.90 Å². The lowest BCUT2D eigenvalue weighted by Crippen LogP contribution is -2.55. The van der Waals surface area contributed by atoms with Crippen LogP contribution in [0.4, 0.5) is 5.82 Å². The van der Waals surface area contributed by atoms with Crippen LogP contribution in [0.1, 0.15) is 67.3 Å². The van der Waals surface area contributed by atoms with Gasteiger partial charge in [-0.3, -0.25) is 4.79 Å². The van der Waals surface area contributed by atoms with Crippen molar-refractivity contribution in [1.29, 1.82) is 5.26 Å². The fraction of sp³-hybridized carbons (Fsp3) is 0.562. The van der Waals surface area contributed by atoms with E-state index < -0.39 is 0 Å². The maximum absolute atomic E-state index is 12.5. The molecule has 1 aromatic heterocycles. The van der Waals surface area contributed by atoms with E-state index in [0.717, 1.165) is 55.7 Å². The van der Waals surface area contributed by atoms with Crippen LogP contribution in [0.25, 0.3) is 0 Å². The second kappa shape index (κ2) is 12.8. The molecule has 3 atom stereocenters. The normalized spacial score (nSPS) is 23.0. The molecule has 0 unspecified atom stereocenters. The molecular formula is C32H42N6O2. The number of benzene rings is 1. The van der Waals surface area contributed by atoms with Crippen molar-refractivity contribution in [3.05, 3.63) is 59.3 Å². The summed E-state index contributed by atoms with van der Waals surface area (Å²) in [5, 5.41) is 9.51. The highest BCUT2D eigenvalue weighted by atomic mass is 16.5. The van der Waals surface area contributed by atoms with Gasteiger partial charge in [0.2, 0.25) is 5.91 Å². The van der Waals surface area contributed by atoms with Gasteiger partial charge in [-0.1, -0.05) is 37.8 Å². The minimum atomic E-state index is -0.214. The van der Waals surface area contributed by atoms with Crippen molar-refractivity contribution in [3.63, 3.8) is 0 Å². The first-order chi connectivity index (χ1) is 19.5. The molecule has 0 bridgehead atoms. The number of hydrogen-bond acceptors (Lipinski definition) is 7. The van der Waals surface area contributed by atoms with E-state index in [1.807, 2.05) is 0 Å². The average Bonchev–Trinajstić information content (AvgIpc) is 3.40. The smallest absolute Gasteiger partial charge is 0.318 e. The quantitative estimate of drug-likeness (QED) is 0.437. The molecule has 2 aromatic rings. The number of ether oxygens (including phenoxy) is 1. The number of carbonyl (C=O) groups is 1. The molecule has 1 aliphatic carbocycles. The second-order valence-corrected chi connectivity index (χ2v) is 11.4. The largest absolute Gasteiger partial charge is 0.462 e. The SMILES string of the molecule is C=CC(=O)N1CCN(c2nc(OC[C@@H]3CCCN3C)nc(C[C@H]3CCCc4ccccc43)c2CC)C[C@@H]1CC#N. The number of nitriles is 1. The van der Waals surface area contributed by atoms with Gasteiger partial charge in [0.1, 0.15) is 12.4 Å². The van der Waals surface area contributed by atoms with Gasteiger partial charge in [0, 0.05) is 31.2 Å². The fourth-order valence-corrected chi connectivity index (χ4v) is 6.75. The van der Waals surface area contributed by atoms with E-state index in [0.29, 0.717) is 44.2 Å². The first-order valence-corrected chi connectivity index (χ1v) is 14.9. The molecule has 0 spiro atoms. The summed E-state index contributed by atoms with van der Waals surface area (Å²) in [6.45, 7) is 9.21. The predicted octanol–water partition coefficient (Wildman–Crippen LogP) is 4.29. The first kappa shape index (κ1) is 28.1. The molecule has 1 aromatic carbocycles. The van der Waals surface area contributed by atoms with Crippen molar-refractivity contribution >= 4 is 11.7 Å². The number of nitrogens with zero attached hydrogens (tertiary/aromatic N) is 6. The summed E-state index contributed by atoms with van der Waals surface area (Å²) < 4.78 is 6.32. The molecule has 0 N–H and O–H groups in total. The number of anilines is 1. The van der Waals surface area contributed by atoms with Crippen LogP contribution in [-0.4, -0.2) is 77.6 Å². The number of aromatic nitrogens is 2. The summed E-state index contributed by atoms with van der Waals surface area (Å²) >= 11 is 0. The third kappa shape index (κ3) is 6.00. The third-order valence-corrected chi connectivity index (χ3v) is 8.98. The zero-order chi connectivity index (χ0) is 28.1. The van der Waals surface area contributed by atoms with E-state index in [-0.39, 0.29) is 18.4 Å². The molecule has 3 heterocycles. The van der Waals surface area contributed by atoms with E-state index in [1.165, 1.54) is 30.0 Å². The van der Waals surface area contributed by atoms with Crippen molar-refractivity contribution in [2.45, 2.75) is 76.3 Å². The van der Waals surface area contributed by atoms with Gasteiger partial charge in [0.15, 0.2) is 0 Å². The molecule has 212 valence electrons. The molecule has 8 heteroatoms. The summed E-state index contributed by atoms with van der Waals surface area (Å²) in [7, 11) is 2.15. The minimum absolute atomic E-state index is 0.125. The second-order valence-electron chi connectivity index (χ2n) is 11.4. The van der Waals surface area contributed by atoms with Gasteiger partial charge in [-0.05, 0) is 81.7 Å². The number of likely N-dealkylation sites (tertiary alicyclic amines) is 1. The van der Waals surface area contributed by atoms with Crippen molar-refractivity contribution in [1.82, 2.24) is 19.8 Å². The number of likely N-dealkylation sites (N-methyl/N-ethyl adjacent to an activating group) is 1. The van der Waals surface area contributed by atoms with E-state index in [4.69, 9.17) is 14.7 Å². The van der Waals surface area contributed by atoms with Crippen LogP contribution in [0.3, 0.4) is 0 Å². The van der Waals surface area contributed by atoms with Gasteiger partial charge in [-0.2, -0.15) is 15.2 Å². The molecule has 1 amide bonds. The summed E-state index contributed by atoms with van der Waals surface area (Å²) in [6, 6.07) is 11.7. The fourth-order valence-electron chi connectivity index (χ4n) is 6.75. The van der Waals surface area contributed by atoms with Crippen molar-refractivity contribution in [2.24, 2.45) is 0 Å². The Morgan fingerprint density at radius 2 is 2.02 bits per heavy atom. The standard InChI is InChI=1S/C32H42N6O2/c1-4-27-29(20-24-12-8-11-23-10-6-7-14-28(23)24)34-32(40-22-26-13-9-17-36(26)3)35-31(27)37-18-19-38(30(39)5-2)25(21-37)15-16-33/h5-7,10,14,24-26H,2,4,8-9,11-13,15,17-22H2,1,3H3/t24-,25+,26+/m1/s1. The summed E-state index contributed by atoms with van der Waals surface area (Å²) in [6.07, 6.45) is 9.05. The van der Waals surface area contributed by atoms with Gasteiger partial charge in [-0.25, -0.2) is 0 Å². The summed E-state index contributed by atoms with van der Waals surface area (Å²) in [5.41, 5.74) is 5.10. The minimum Gasteiger partial charge on any atom is -0.462 e. The first-order valence-electron chi connectivity index (χ1n) is 14.9. The van der Waals surface area contributed by atoms with Crippen LogP contribution in [0.5, 0.6) is 6.01 Å². The van der Waals surface area contributed by atoms with E-state index >= 15 is 0 Å². The molecule has 2 saturated heterocycles. The van der Waals surface area contributed by atoms with Gasteiger partial charge in [-0.15, -0.1) is 0 Å². The number of hydrogen-bond donors (Lipinski definition) is 0. The Bertz CT molecular complexity index is 1260. The highest BCUT2D eigenvalue weighted by molar-refractivity contribution is 5.87. The number of rotatable bonds is 9. The molecule has 0 saturated carbocycles. The molecule has 8 nitrogen and oxygen atoms in total. The van der Waals surface area contributed by atoms with Gasteiger partial charge in [0.25, 0.3) is 0 Å². The zero-order valence-corrected chi connectivity index (χ0v) is 24.0. The van der Waals surface area contributed by atoms with Gasteiger partial charge in [0.05, 0.1) is 24.2 Å². The lowest BCUT2D eigenvalue weighted by atomic mass is 9.80. The Kier molecular flexibility index (Phi) is 9.01. The van der Waals surface area contributed by atoms with E-state index in [9.17, 15) is 10.1 Å². The predicted molar refractivity (Wildman–Crippen MR) is 157 cm³/mol.